The fourth-order valence-electron chi connectivity index (χ4n) is 3.19. The zero-order chi connectivity index (χ0) is 14.7. The van der Waals surface area contributed by atoms with E-state index in [-0.39, 0.29) is 23.8 Å². The van der Waals surface area contributed by atoms with Gasteiger partial charge in [0.15, 0.2) is 0 Å². The minimum atomic E-state index is 0.232. The maximum atomic E-state index is 12.0. The molecule has 2 amide bonds. The highest BCUT2D eigenvalue weighted by Crippen LogP contribution is 2.33. The first-order valence-electron chi connectivity index (χ1n) is 8.04. The summed E-state index contributed by atoms with van der Waals surface area (Å²) in [6.07, 6.45) is 4.52. The molecular weight excluding hydrogens is 252 g/mol. The molecular formula is C16H28N2O2. The Kier molecular flexibility index (Phi) is 5.06. The second-order valence-corrected chi connectivity index (χ2v) is 7.04. The molecule has 4 heteroatoms. The van der Waals surface area contributed by atoms with Crippen molar-refractivity contribution >= 4 is 11.8 Å². The monoisotopic (exact) mass is 280 g/mol. The second-order valence-electron chi connectivity index (χ2n) is 7.04. The van der Waals surface area contributed by atoms with Gasteiger partial charge in [-0.3, -0.25) is 9.59 Å². The number of hydrogen-bond donors (Lipinski definition) is 1. The molecule has 0 atom stereocenters. The molecule has 1 aliphatic heterocycles. The first kappa shape index (κ1) is 15.3. The summed E-state index contributed by atoms with van der Waals surface area (Å²) in [4.78, 5) is 25.9. The Balaban J connectivity index is 1.69. The number of carbonyl (C=O) groups excluding carboxylic acids is 2. The van der Waals surface area contributed by atoms with Crippen LogP contribution in [0.15, 0.2) is 0 Å². The Bertz CT molecular complexity index is 353. The first-order chi connectivity index (χ1) is 9.45. The molecule has 20 heavy (non-hydrogen) atoms. The molecule has 0 aromatic heterocycles. The summed E-state index contributed by atoms with van der Waals surface area (Å²) in [5.41, 5.74) is 0. The molecule has 2 fully saturated rings. The average Bonchev–Trinajstić information content (AvgIpc) is 2.35. The van der Waals surface area contributed by atoms with Crippen LogP contribution in [0.4, 0.5) is 0 Å². The highest BCUT2D eigenvalue weighted by atomic mass is 16.2. The van der Waals surface area contributed by atoms with E-state index in [1.807, 2.05) is 4.90 Å². The predicted octanol–water partition coefficient (Wildman–Crippen LogP) is 2.19. The van der Waals surface area contributed by atoms with Crippen molar-refractivity contribution in [3.05, 3.63) is 0 Å². The van der Waals surface area contributed by atoms with Gasteiger partial charge in [-0.1, -0.05) is 20.8 Å². The molecule has 4 nitrogen and oxygen atoms in total. The van der Waals surface area contributed by atoms with E-state index in [1.54, 1.807) is 0 Å². The first-order valence-corrected chi connectivity index (χ1v) is 8.04. The topological polar surface area (TPSA) is 49.4 Å². The van der Waals surface area contributed by atoms with Gasteiger partial charge in [0.25, 0.3) is 0 Å². The van der Waals surface area contributed by atoms with Crippen molar-refractivity contribution in [2.24, 2.45) is 17.8 Å². The quantitative estimate of drug-likeness (QED) is 0.858. The molecule has 0 aromatic rings. The zero-order valence-electron chi connectivity index (χ0n) is 13.0. The molecule has 1 aliphatic carbocycles. The standard InChI is InChI=1S/C16H28N2O2/c1-11(2)8-15(19)18-6-4-14(5-7-18)17-16(20)13-9-12(3)10-13/h11-14H,4-10H2,1-3H3,(H,17,20). The molecule has 1 heterocycles. The van der Waals surface area contributed by atoms with E-state index in [9.17, 15) is 9.59 Å². The highest BCUT2D eigenvalue weighted by Gasteiger charge is 2.33. The molecule has 2 aliphatic rings. The lowest BCUT2D eigenvalue weighted by Crippen LogP contribution is -2.49. The summed E-state index contributed by atoms with van der Waals surface area (Å²) in [5.74, 6) is 1.86. The third kappa shape index (κ3) is 3.97. The fraction of sp³-hybridized carbons (Fsp3) is 0.875. The summed E-state index contributed by atoms with van der Waals surface area (Å²) in [6, 6.07) is 0.265. The summed E-state index contributed by atoms with van der Waals surface area (Å²) >= 11 is 0. The van der Waals surface area contributed by atoms with Crippen LogP contribution in [-0.2, 0) is 9.59 Å². The lowest BCUT2D eigenvalue weighted by Gasteiger charge is -2.36. The summed E-state index contributed by atoms with van der Waals surface area (Å²) in [6.45, 7) is 7.92. The minimum absolute atomic E-state index is 0.232. The third-order valence-electron chi connectivity index (χ3n) is 4.52. The Morgan fingerprint density at radius 1 is 1.20 bits per heavy atom. The molecule has 114 valence electrons. The third-order valence-corrected chi connectivity index (χ3v) is 4.52. The Labute approximate surface area is 122 Å². The van der Waals surface area contributed by atoms with Crippen LogP contribution in [0.1, 0.15) is 52.9 Å². The van der Waals surface area contributed by atoms with Crippen LogP contribution in [0.2, 0.25) is 0 Å². The van der Waals surface area contributed by atoms with Gasteiger partial charge >= 0.3 is 0 Å². The maximum absolute atomic E-state index is 12.0. The normalized spacial score (nSPS) is 27.3. The molecule has 1 saturated heterocycles. The van der Waals surface area contributed by atoms with Gasteiger partial charge in [-0.15, -0.1) is 0 Å². The van der Waals surface area contributed by atoms with Crippen molar-refractivity contribution in [2.45, 2.75) is 58.9 Å². The van der Waals surface area contributed by atoms with Crippen LogP contribution in [0.5, 0.6) is 0 Å². The zero-order valence-corrected chi connectivity index (χ0v) is 13.0. The molecule has 0 spiro atoms. The second kappa shape index (κ2) is 6.59. The number of rotatable bonds is 4. The predicted molar refractivity (Wildman–Crippen MR) is 79.1 cm³/mol. The highest BCUT2D eigenvalue weighted by molar-refractivity contribution is 5.80. The smallest absolute Gasteiger partial charge is 0.223 e. The number of amides is 2. The number of likely N-dealkylation sites (tertiary alicyclic amines) is 1. The van der Waals surface area contributed by atoms with Gasteiger partial charge in [-0.05, 0) is 37.5 Å². The van der Waals surface area contributed by atoms with Crippen molar-refractivity contribution in [3.63, 3.8) is 0 Å². The van der Waals surface area contributed by atoms with Crippen molar-refractivity contribution in [3.8, 4) is 0 Å². The number of carbonyl (C=O) groups is 2. The minimum Gasteiger partial charge on any atom is -0.353 e. The summed E-state index contributed by atoms with van der Waals surface area (Å²) < 4.78 is 0. The lowest BCUT2D eigenvalue weighted by molar-refractivity contribution is -0.133. The summed E-state index contributed by atoms with van der Waals surface area (Å²) in [5, 5.41) is 3.16. The van der Waals surface area contributed by atoms with Crippen LogP contribution in [-0.4, -0.2) is 35.8 Å². The van der Waals surface area contributed by atoms with Gasteiger partial charge in [-0.25, -0.2) is 0 Å². The molecule has 0 radical (unpaired) electrons. The van der Waals surface area contributed by atoms with E-state index in [2.05, 4.69) is 26.1 Å². The van der Waals surface area contributed by atoms with Crippen LogP contribution in [0.25, 0.3) is 0 Å². The number of nitrogens with zero attached hydrogens (tertiary/aromatic N) is 1. The van der Waals surface area contributed by atoms with Crippen molar-refractivity contribution in [1.82, 2.24) is 10.2 Å². The fourth-order valence-corrected chi connectivity index (χ4v) is 3.19. The van der Waals surface area contributed by atoms with Gasteiger partial charge in [0.05, 0.1) is 0 Å². The lowest BCUT2D eigenvalue weighted by atomic mass is 9.75. The maximum Gasteiger partial charge on any atom is 0.223 e. The van der Waals surface area contributed by atoms with E-state index in [4.69, 9.17) is 0 Å². The van der Waals surface area contributed by atoms with Gasteiger partial charge in [0, 0.05) is 31.5 Å². The molecule has 0 aromatic carbocycles. The van der Waals surface area contributed by atoms with Gasteiger partial charge in [-0.2, -0.15) is 0 Å². The van der Waals surface area contributed by atoms with E-state index in [0.717, 1.165) is 38.8 Å². The van der Waals surface area contributed by atoms with Crippen LogP contribution in [0, 0.1) is 17.8 Å². The molecule has 1 N–H and O–H groups in total. The van der Waals surface area contributed by atoms with Crippen LogP contribution in [0.3, 0.4) is 0 Å². The molecule has 0 bridgehead atoms. The van der Waals surface area contributed by atoms with E-state index >= 15 is 0 Å². The van der Waals surface area contributed by atoms with Crippen molar-refractivity contribution in [1.29, 1.82) is 0 Å². The number of piperidine rings is 1. The Morgan fingerprint density at radius 3 is 2.30 bits per heavy atom. The molecule has 1 saturated carbocycles. The molecule has 0 unspecified atom stereocenters. The van der Waals surface area contributed by atoms with E-state index in [0.29, 0.717) is 18.3 Å². The molecule has 2 rings (SSSR count). The van der Waals surface area contributed by atoms with Gasteiger partial charge in [0.1, 0.15) is 0 Å². The van der Waals surface area contributed by atoms with Crippen LogP contribution >= 0.6 is 0 Å². The van der Waals surface area contributed by atoms with Crippen molar-refractivity contribution < 1.29 is 9.59 Å². The Morgan fingerprint density at radius 2 is 1.80 bits per heavy atom. The SMILES string of the molecule is CC(C)CC(=O)N1CCC(NC(=O)C2CC(C)C2)CC1. The van der Waals surface area contributed by atoms with Gasteiger partial charge < -0.3 is 10.2 Å². The van der Waals surface area contributed by atoms with E-state index < -0.39 is 0 Å². The average molecular weight is 280 g/mol. The Hall–Kier alpha value is -1.06. The summed E-state index contributed by atoms with van der Waals surface area (Å²) in [7, 11) is 0. The largest absolute Gasteiger partial charge is 0.353 e. The number of hydrogen-bond acceptors (Lipinski definition) is 2. The number of nitrogens with one attached hydrogen (secondary N) is 1. The van der Waals surface area contributed by atoms with E-state index in [1.165, 1.54) is 0 Å². The van der Waals surface area contributed by atoms with Gasteiger partial charge in [0.2, 0.25) is 11.8 Å². The van der Waals surface area contributed by atoms with Crippen LogP contribution < -0.4 is 5.32 Å². The van der Waals surface area contributed by atoms with Crippen molar-refractivity contribution in [2.75, 3.05) is 13.1 Å².